The maximum Gasteiger partial charge on any atom is 0.246 e. The number of aliphatic hydroxyl groups is 1. The molecule has 2 unspecified atom stereocenters. The van der Waals surface area contributed by atoms with Crippen LogP contribution in [-0.2, 0) is 9.53 Å². The van der Waals surface area contributed by atoms with Crippen LogP contribution in [0.15, 0.2) is 0 Å². The van der Waals surface area contributed by atoms with E-state index in [4.69, 9.17) is 10.5 Å². The van der Waals surface area contributed by atoms with Gasteiger partial charge in [-0.25, -0.2) is 0 Å². The summed E-state index contributed by atoms with van der Waals surface area (Å²) in [7, 11) is 0. The van der Waals surface area contributed by atoms with Crippen LogP contribution in [0.25, 0.3) is 0 Å². The van der Waals surface area contributed by atoms with Gasteiger partial charge >= 0.3 is 0 Å². The van der Waals surface area contributed by atoms with Crippen molar-refractivity contribution in [2.75, 3.05) is 6.61 Å². The Kier molecular flexibility index (Phi) is 4.36. The first kappa shape index (κ1) is 12.4. The number of amides is 1. The number of carbonyl (C=O) groups is 1. The molecule has 0 radical (unpaired) electrons. The first-order valence-corrected chi connectivity index (χ1v) is 4.35. The number of nitrogens with two attached hydrogens (primary N) is 1. The Morgan fingerprint density at radius 2 is 2.00 bits per heavy atom. The van der Waals surface area contributed by atoms with E-state index in [0.29, 0.717) is 6.61 Å². The number of carbonyl (C=O) groups excluding carboxylic acids is 1. The molecular formula is C9H19NO3. The summed E-state index contributed by atoms with van der Waals surface area (Å²) < 4.78 is 5.39. The molecule has 0 bridgehead atoms. The van der Waals surface area contributed by atoms with Gasteiger partial charge in [0.2, 0.25) is 5.91 Å². The lowest BCUT2D eigenvalue weighted by atomic mass is 10.1. The lowest BCUT2D eigenvalue weighted by molar-refractivity contribution is -0.131. The average molecular weight is 189 g/mol. The van der Waals surface area contributed by atoms with Crippen LogP contribution < -0.4 is 5.73 Å². The SMILES string of the molecule is CC(COC(C)(C)C)C(O)C(N)=O. The largest absolute Gasteiger partial charge is 0.383 e. The predicted molar refractivity (Wildman–Crippen MR) is 50.1 cm³/mol. The van der Waals surface area contributed by atoms with Crippen LogP contribution in [0.1, 0.15) is 27.7 Å². The van der Waals surface area contributed by atoms with Gasteiger partial charge in [-0.15, -0.1) is 0 Å². The summed E-state index contributed by atoms with van der Waals surface area (Å²) in [5, 5.41) is 9.24. The highest BCUT2D eigenvalue weighted by molar-refractivity contribution is 5.78. The molecule has 4 heteroatoms. The summed E-state index contributed by atoms with van der Waals surface area (Å²) in [6, 6.07) is 0. The molecule has 0 aliphatic carbocycles. The summed E-state index contributed by atoms with van der Waals surface area (Å²) in [5.41, 5.74) is 4.67. The molecule has 0 rings (SSSR count). The smallest absolute Gasteiger partial charge is 0.246 e. The zero-order chi connectivity index (χ0) is 10.6. The molecule has 13 heavy (non-hydrogen) atoms. The fourth-order valence-electron chi connectivity index (χ4n) is 0.753. The topological polar surface area (TPSA) is 72.6 Å². The second-order valence-corrected chi connectivity index (χ2v) is 4.25. The van der Waals surface area contributed by atoms with E-state index in [1.54, 1.807) is 6.92 Å². The van der Waals surface area contributed by atoms with Gasteiger partial charge in [0.05, 0.1) is 12.2 Å². The third kappa shape index (κ3) is 5.60. The molecule has 0 aliphatic rings. The van der Waals surface area contributed by atoms with Crippen molar-refractivity contribution in [3.05, 3.63) is 0 Å². The number of rotatable bonds is 4. The molecule has 0 aromatic heterocycles. The molecule has 0 aliphatic heterocycles. The van der Waals surface area contributed by atoms with E-state index in [9.17, 15) is 9.90 Å². The third-order valence-electron chi connectivity index (χ3n) is 1.61. The number of ether oxygens (including phenoxy) is 1. The molecule has 0 aromatic carbocycles. The molecule has 0 heterocycles. The van der Waals surface area contributed by atoms with Crippen molar-refractivity contribution in [2.24, 2.45) is 11.7 Å². The van der Waals surface area contributed by atoms with Gasteiger partial charge in [-0.3, -0.25) is 4.79 Å². The number of hydrogen-bond acceptors (Lipinski definition) is 3. The second-order valence-electron chi connectivity index (χ2n) is 4.25. The third-order valence-corrected chi connectivity index (χ3v) is 1.61. The van der Waals surface area contributed by atoms with Gasteiger partial charge in [0, 0.05) is 5.92 Å². The maximum absolute atomic E-state index is 10.6. The van der Waals surface area contributed by atoms with E-state index < -0.39 is 12.0 Å². The minimum absolute atomic E-state index is 0.258. The molecule has 0 saturated carbocycles. The van der Waals surface area contributed by atoms with Gasteiger partial charge in [-0.2, -0.15) is 0 Å². The van der Waals surface area contributed by atoms with E-state index in [1.165, 1.54) is 0 Å². The number of primary amides is 1. The highest BCUT2D eigenvalue weighted by Gasteiger charge is 2.22. The Morgan fingerprint density at radius 1 is 1.54 bits per heavy atom. The van der Waals surface area contributed by atoms with Crippen molar-refractivity contribution in [3.63, 3.8) is 0 Å². The van der Waals surface area contributed by atoms with Crippen molar-refractivity contribution in [3.8, 4) is 0 Å². The zero-order valence-electron chi connectivity index (χ0n) is 8.70. The van der Waals surface area contributed by atoms with Crippen LogP contribution in [0.2, 0.25) is 0 Å². The molecule has 1 amide bonds. The molecule has 0 spiro atoms. The fraction of sp³-hybridized carbons (Fsp3) is 0.889. The molecule has 3 N–H and O–H groups in total. The highest BCUT2D eigenvalue weighted by Crippen LogP contribution is 2.11. The normalized spacial score (nSPS) is 16.7. The summed E-state index contributed by atoms with van der Waals surface area (Å²) >= 11 is 0. The van der Waals surface area contributed by atoms with Crippen LogP contribution in [-0.4, -0.2) is 29.3 Å². The van der Waals surface area contributed by atoms with E-state index in [0.717, 1.165) is 0 Å². The van der Waals surface area contributed by atoms with E-state index in [1.807, 2.05) is 20.8 Å². The van der Waals surface area contributed by atoms with Gasteiger partial charge in [0.25, 0.3) is 0 Å². The van der Waals surface area contributed by atoms with Crippen molar-refractivity contribution >= 4 is 5.91 Å². The molecule has 4 nitrogen and oxygen atoms in total. The van der Waals surface area contributed by atoms with Crippen molar-refractivity contribution in [2.45, 2.75) is 39.4 Å². The summed E-state index contributed by atoms with van der Waals surface area (Å²) in [6.45, 7) is 7.79. The van der Waals surface area contributed by atoms with Gasteiger partial charge in [-0.1, -0.05) is 6.92 Å². The highest BCUT2D eigenvalue weighted by atomic mass is 16.5. The van der Waals surface area contributed by atoms with Gasteiger partial charge in [0.15, 0.2) is 0 Å². The maximum atomic E-state index is 10.6. The standard InChI is InChI=1S/C9H19NO3/c1-6(7(11)8(10)12)5-13-9(2,3)4/h6-7,11H,5H2,1-4H3,(H2,10,12). The average Bonchev–Trinajstić information content (AvgIpc) is 1.97. The van der Waals surface area contributed by atoms with Crippen molar-refractivity contribution < 1.29 is 14.6 Å². The molecular weight excluding hydrogens is 170 g/mol. The number of aliphatic hydroxyl groups excluding tert-OH is 1. The van der Waals surface area contributed by atoms with Crippen LogP contribution >= 0.6 is 0 Å². The lowest BCUT2D eigenvalue weighted by Crippen LogP contribution is -2.37. The molecule has 0 fully saturated rings. The summed E-state index contributed by atoms with van der Waals surface area (Å²) in [6.07, 6.45) is -1.12. The summed E-state index contributed by atoms with van der Waals surface area (Å²) in [5.74, 6) is -0.971. The number of hydrogen-bond donors (Lipinski definition) is 2. The quantitative estimate of drug-likeness (QED) is 0.667. The molecule has 78 valence electrons. The molecule has 0 aromatic rings. The van der Waals surface area contributed by atoms with E-state index in [-0.39, 0.29) is 11.5 Å². The Bertz CT molecular complexity index is 174. The van der Waals surface area contributed by atoms with E-state index in [2.05, 4.69) is 0 Å². The summed E-state index contributed by atoms with van der Waals surface area (Å²) in [4.78, 5) is 10.6. The van der Waals surface area contributed by atoms with Gasteiger partial charge < -0.3 is 15.6 Å². The molecule has 0 saturated heterocycles. The Hall–Kier alpha value is -0.610. The minimum atomic E-state index is -1.12. The van der Waals surface area contributed by atoms with Crippen molar-refractivity contribution in [1.82, 2.24) is 0 Å². The second kappa shape index (κ2) is 4.58. The Labute approximate surface area is 79.1 Å². The predicted octanol–water partition coefficient (Wildman–Crippen LogP) is 0.284. The van der Waals surface area contributed by atoms with Gasteiger partial charge in [0.1, 0.15) is 6.10 Å². The van der Waals surface area contributed by atoms with Crippen molar-refractivity contribution in [1.29, 1.82) is 0 Å². The first-order valence-electron chi connectivity index (χ1n) is 4.35. The molecule has 2 atom stereocenters. The monoisotopic (exact) mass is 189 g/mol. The van der Waals surface area contributed by atoms with Crippen LogP contribution in [0, 0.1) is 5.92 Å². The first-order chi connectivity index (χ1) is 5.74. The Balaban J connectivity index is 3.88. The van der Waals surface area contributed by atoms with E-state index >= 15 is 0 Å². The van der Waals surface area contributed by atoms with Crippen LogP contribution in [0.5, 0.6) is 0 Å². The Morgan fingerprint density at radius 3 is 2.31 bits per heavy atom. The fourth-order valence-corrected chi connectivity index (χ4v) is 0.753. The zero-order valence-corrected chi connectivity index (χ0v) is 8.70. The van der Waals surface area contributed by atoms with Gasteiger partial charge in [-0.05, 0) is 20.8 Å². The lowest BCUT2D eigenvalue weighted by Gasteiger charge is -2.23. The van der Waals surface area contributed by atoms with Crippen LogP contribution in [0.4, 0.5) is 0 Å². The minimum Gasteiger partial charge on any atom is -0.383 e. The van der Waals surface area contributed by atoms with Crippen LogP contribution in [0.3, 0.4) is 0 Å².